The number of hydrogen-bond acceptors (Lipinski definition) is 5. The zero-order valence-corrected chi connectivity index (χ0v) is 16.3. The maximum absolute atomic E-state index is 13.3. The summed E-state index contributed by atoms with van der Waals surface area (Å²) in [7, 11) is 1.41. The van der Waals surface area contributed by atoms with Crippen molar-refractivity contribution in [1.29, 1.82) is 0 Å². The van der Waals surface area contributed by atoms with Crippen LogP contribution in [0.15, 0.2) is 47.0 Å². The molecule has 168 valence electrons. The second-order valence-corrected chi connectivity index (χ2v) is 6.50. The SMILES string of the molecule is [C-]#[N+]c1ccc(N(Cc2noc(-c3ccccc3OC)n2)CC(F)(F)F)cc1C(F)(F)F. The van der Waals surface area contributed by atoms with Gasteiger partial charge < -0.3 is 14.2 Å². The molecule has 0 spiro atoms. The molecule has 3 aromatic rings. The predicted octanol–water partition coefficient (Wildman–Crippen LogP) is 5.88. The summed E-state index contributed by atoms with van der Waals surface area (Å²) in [6, 6.07) is 8.90. The van der Waals surface area contributed by atoms with Crippen molar-refractivity contribution in [2.75, 3.05) is 18.6 Å². The molecule has 0 N–H and O–H groups in total. The third kappa shape index (κ3) is 5.29. The molecule has 0 bridgehead atoms. The van der Waals surface area contributed by atoms with E-state index in [1.807, 2.05) is 0 Å². The highest BCUT2D eigenvalue weighted by atomic mass is 19.4. The summed E-state index contributed by atoms with van der Waals surface area (Å²) in [5, 5.41) is 3.65. The molecule has 0 radical (unpaired) electrons. The van der Waals surface area contributed by atoms with Crippen molar-refractivity contribution in [3.8, 4) is 17.2 Å². The van der Waals surface area contributed by atoms with Gasteiger partial charge in [-0.3, -0.25) is 0 Å². The van der Waals surface area contributed by atoms with E-state index in [0.29, 0.717) is 22.3 Å². The van der Waals surface area contributed by atoms with Crippen molar-refractivity contribution in [1.82, 2.24) is 10.1 Å². The largest absolute Gasteiger partial charge is 0.496 e. The molecule has 0 aliphatic carbocycles. The zero-order valence-electron chi connectivity index (χ0n) is 16.3. The number of para-hydroxylation sites is 1. The van der Waals surface area contributed by atoms with Crippen molar-refractivity contribution in [3.05, 3.63) is 65.3 Å². The molecule has 1 aromatic heterocycles. The fraction of sp³-hybridized carbons (Fsp3) is 0.250. The fourth-order valence-corrected chi connectivity index (χ4v) is 2.92. The molecule has 0 unspecified atom stereocenters. The van der Waals surface area contributed by atoms with Crippen LogP contribution in [-0.4, -0.2) is 30.0 Å². The highest BCUT2D eigenvalue weighted by Gasteiger charge is 2.36. The number of aromatic nitrogens is 2. The van der Waals surface area contributed by atoms with Crippen LogP contribution >= 0.6 is 0 Å². The first kappa shape index (κ1) is 22.9. The minimum atomic E-state index is -4.91. The van der Waals surface area contributed by atoms with Crippen LogP contribution in [0.25, 0.3) is 16.3 Å². The molecule has 3 rings (SSSR count). The van der Waals surface area contributed by atoms with Gasteiger partial charge in [0.05, 0.1) is 31.4 Å². The number of rotatable bonds is 6. The molecule has 32 heavy (non-hydrogen) atoms. The summed E-state index contributed by atoms with van der Waals surface area (Å²) < 4.78 is 89.5. The number of anilines is 1. The second-order valence-electron chi connectivity index (χ2n) is 6.50. The fourth-order valence-electron chi connectivity index (χ4n) is 2.92. The van der Waals surface area contributed by atoms with E-state index in [-0.39, 0.29) is 11.7 Å². The van der Waals surface area contributed by atoms with Crippen molar-refractivity contribution >= 4 is 11.4 Å². The number of nitrogens with zero attached hydrogens (tertiary/aromatic N) is 4. The first-order valence-corrected chi connectivity index (χ1v) is 8.88. The molecule has 0 fully saturated rings. The van der Waals surface area contributed by atoms with Crippen molar-refractivity contribution < 1.29 is 35.6 Å². The van der Waals surface area contributed by atoms with Gasteiger partial charge in [-0.2, -0.15) is 31.3 Å². The summed E-state index contributed by atoms with van der Waals surface area (Å²) in [5.74, 6) is 0.182. The van der Waals surface area contributed by atoms with Gasteiger partial charge in [-0.25, -0.2) is 4.85 Å². The van der Waals surface area contributed by atoms with Gasteiger partial charge in [0.25, 0.3) is 5.89 Å². The molecular weight excluding hydrogens is 442 g/mol. The van der Waals surface area contributed by atoms with E-state index in [4.69, 9.17) is 15.8 Å². The summed E-state index contributed by atoms with van der Waals surface area (Å²) in [6.45, 7) is 4.71. The van der Waals surface area contributed by atoms with Crippen LogP contribution in [0.4, 0.5) is 37.7 Å². The van der Waals surface area contributed by atoms with Gasteiger partial charge >= 0.3 is 12.4 Å². The average molecular weight is 456 g/mol. The molecule has 0 saturated carbocycles. The monoisotopic (exact) mass is 456 g/mol. The van der Waals surface area contributed by atoms with E-state index in [1.165, 1.54) is 7.11 Å². The Morgan fingerprint density at radius 3 is 2.44 bits per heavy atom. The molecule has 6 nitrogen and oxygen atoms in total. The molecule has 0 aliphatic rings. The van der Waals surface area contributed by atoms with E-state index in [2.05, 4.69) is 15.0 Å². The maximum atomic E-state index is 13.3. The van der Waals surface area contributed by atoms with Crippen molar-refractivity contribution in [2.24, 2.45) is 0 Å². The zero-order chi connectivity index (χ0) is 23.5. The highest BCUT2D eigenvalue weighted by molar-refractivity contribution is 5.63. The lowest BCUT2D eigenvalue weighted by molar-refractivity contribution is -0.136. The van der Waals surface area contributed by atoms with Crippen LogP contribution in [0.1, 0.15) is 11.4 Å². The molecule has 0 aliphatic heterocycles. The first-order valence-electron chi connectivity index (χ1n) is 8.88. The molecule has 2 aromatic carbocycles. The van der Waals surface area contributed by atoms with Crippen LogP contribution in [0.3, 0.4) is 0 Å². The average Bonchev–Trinajstić information content (AvgIpc) is 3.19. The second kappa shape index (κ2) is 8.78. The highest BCUT2D eigenvalue weighted by Crippen LogP contribution is 2.39. The number of ether oxygens (including phenoxy) is 1. The summed E-state index contributed by atoms with van der Waals surface area (Å²) >= 11 is 0. The van der Waals surface area contributed by atoms with Gasteiger partial charge in [0.1, 0.15) is 12.3 Å². The van der Waals surface area contributed by atoms with Gasteiger partial charge in [-0.05, 0) is 24.3 Å². The Labute approximate surface area is 177 Å². The van der Waals surface area contributed by atoms with Gasteiger partial charge in [-0.15, -0.1) is 0 Å². The van der Waals surface area contributed by atoms with Crippen LogP contribution < -0.4 is 9.64 Å². The quantitative estimate of drug-likeness (QED) is 0.342. The standard InChI is InChI=1S/C20H14F6N4O2/c1-27-15-8-7-12(9-14(15)20(24,25)26)30(11-19(21,22)23)10-17-28-18(32-29-17)13-5-3-4-6-16(13)31-2/h3-9H,10-11H2,2H3. The Bertz CT molecular complexity index is 1130. The van der Waals surface area contributed by atoms with Crippen LogP contribution in [-0.2, 0) is 12.7 Å². The lowest BCUT2D eigenvalue weighted by Crippen LogP contribution is -2.34. The number of benzene rings is 2. The number of alkyl halides is 6. The van der Waals surface area contributed by atoms with Gasteiger partial charge in [-0.1, -0.05) is 23.4 Å². The number of hydrogen-bond donors (Lipinski definition) is 0. The summed E-state index contributed by atoms with van der Waals surface area (Å²) in [6.07, 6.45) is -9.64. The third-order valence-corrected chi connectivity index (χ3v) is 4.28. The third-order valence-electron chi connectivity index (χ3n) is 4.28. The number of halogens is 6. The maximum Gasteiger partial charge on any atom is 0.407 e. The van der Waals surface area contributed by atoms with E-state index >= 15 is 0 Å². The van der Waals surface area contributed by atoms with Crippen LogP contribution in [0, 0.1) is 6.57 Å². The molecule has 0 amide bonds. The topological polar surface area (TPSA) is 55.8 Å². The Balaban J connectivity index is 1.97. The summed E-state index contributed by atoms with van der Waals surface area (Å²) in [5.41, 5.74) is -2.05. The summed E-state index contributed by atoms with van der Waals surface area (Å²) in [4.78, 5) is 7.46. The van der Waals surface area contributed by atoms with Crippen molar-refractivity contribution in [3.63, 3.8) is 0 Å². The molecule has 0 atom stereocenters. The van der Waals surface area contributed by atoms with Gasteiger partial charge in [0.15, 0.2) is 11.5 Å². The van der Waals surface area contributed by atoms with Crippen molar-refractivity contribution in [2.45, 2.75) is 18.9 Å². The van der Waals surface area contributed by atoms with Crippen LogP contribution in [0.5, 0.6) is 5.75 Å². The van der Waals surface area contributed by atoms with Gasteiger partial charge in [0, 0.05) is 5.69 Å². The van der Waals surface area contributed by atoms with E-state index < -0.39 is 42.4 Å². The lowest BCUT2D eigenvalue weighted by atomic mass is 10.1. The Hall–Kier alpha value is -3.75. The van der Waals surface area contributed by atoms with E-state index in [9.17, 15) is 26.3 Å². The lowest BCUT2D eigenvalue weighted by Gasteiger charge is -2.25. The van der Waals surface area contributed by atoms with E-state index in [0.717, 1.165) is 12.1 Å². The van der Waals surface area contributed by atoms with E-state index in [1.54, 1.807) is 24.3 Å². The smallest absolute Gasteiger partial charge is 0.407 e. The van der Waals surface area contributed by atoms with Gasteiger partial charge in [0.2, 0.25) is 0 Å². The Morgan fingerprint density at radius 2 is 1.81 bits per heavy atom. The minimum absolute atomic E-state index is 0.0243. The number of methoxy groups -OCH3 is 1. The Kier molecular flexibility index (Phi) is 6.29. The first-order chi connectivity index (χ1) is 15.0. The molecule has 12 heteroatoms. The molecule has 1 heterocycles. The predicted molar refractivity (Wildman–Crippen MR) is 101 cm³/mol. The van der Waals surface area contributed by atoms with Crippen LogP contribution in [0.2, 0.25) is 0 Å². The Morgan fingerprint density at radius 1 is 1.09 bits per heavy atom. The normalized spacial score (nSPS) is 11.8. The molecular formula is C20H14F6N4O2. The minimum Gasteiger partial charge on any atom is -0.496 e. The molecule has 0 saturated heterocycles.